The fourth-order valence-corrected chi connectivity index (χ4v) is 1.76. The molecule has 0 atom stereocenters. The zero-order valence-corrected chi connectivity index (χ0v) is 10.8. The Kier molecular flexibility index (Phi) is 3.76. The lowest BCUT2D eigenvalue weighted by Crippen LogP contribution is -1.97. The van der Waals surface area contributed by atoms with E-state index in [0.29, 0.717) is 12.2 Å². The van der Waals surface area contributed by atoms with Crippen LogP contribution in [0.4, 0.5) is 4.39 Å². The van der Waals surface area contributed by atoms with Crippen molar-refractivity contribution in [3.05, 3.63) is 53.1 Å². The molecule has 0 radical (unpaired) electrons. The topological polar surface area (TPSA) is 45.9 Å². The van der Waals surface area contributed by atoms with Gasteiger partial charge in [-0.25, -0.2) is 4.39 Å². The van der Waals surface area contributed by atoms with E-state index in [1.807, 2.05) is 26.0 Å². The largest absolute Gasteiger partial charge is 0.454 e. The fraction of sp³-hybridized carbons (Fsp3) is 0.200. The number of nitriles is 1. The zero-order chi connectivity index (χ0) is 13.8. The molecule has 96 valence electrons. The van der Waals surface area contributed by atoms with Crippen LogP contribution in [0.2, 0.25) is 0 Å². The molecule has 0 fully saturated rings. The van der Waals surface area contributed by atoms with Gasteiger partial charge in [0, 0.05) is 5.69 Å². The number of halogens is 1. The van der Waals surface area contributed by atoms with Gasteiger partial charge in [0.25, 0.3) is 0 Å². The highest BCUT2D eigenvalue weighted by molar-refractivity contribution is 5.46. The first-order valence-electron chi connectivity index (χ1n) is 5.98. The summed E-state index contributed by atoms with van der Waals surface area (Å²) in [4.78, 5) is 4.36. The molecule has 0 N–H and O–H groups in total. The van der Waals surface area contributed by atoms with Crippen molar-refractivity contribution in [3.8, 4) is 17.6 Å². The van der Waals surface area contributed by atoms with Crippen LogP contribution in [0.5, 0.6) is 11.5 Å². The SMILES string of the molecule is CCc1nc(C)ccc1Oc1cccc(F)c1C#N. The summed E-state index contributed by atoms with van der Waals surface area (Å²) in [5, 5.41) is 8.96. The smallest absolute Gasteiger partial charge is 0.148 e. The monoisotopic (exact) mass is 256 g/mol. The van der Waals surface area contributed by atoms with Gasteiger partial charge in [-0.05, 0) is 37.6 Å². The number of rotatable bonds is 3. The molecule has 2 rings (SSSR count). The second kappa shape index (κ2) is 5.49. The summed E-state index contributed by atoms with van der Waals surface area (Å²) in [7, 11) is 0. The van der Waals surface area contributed by atoms with Crippen LogP contribution in [-0.4, -0.2) is 4.98 Å². The number of hydrogen-bond donors (Lipinski definition) is 0. The Morgan fingerprint density at radius 2 is 2.05 bits per heavy atom. The van der Waals surface area contributed by atoms with E-state index in [4.69, 9.17) is 10.00 Å². The third-order valence-electron chi connectivity index (χ3n) is 2.71. The van der Waals surface area contributed by atoms with Crippen LogP contribution < -0.4 is 4.74 Å². The van der Waals surface area contributed by atoms with Gasteiger partial charge in [-0.15, -0.1) is 0 Å². The molecule has 3 nitrogen and oxygen atoms in total. The zero-order valence-electron chi connectivity index (χ0n) is 10.8. The van der Waals surface area contributed by atoms with Crippen LogP contribution in [0.1, 0.15) is 23.9 Å². The molecule has 0 unspecified atom stereocenters. The van der Waals surface area contributed by atoms with Gasteiger partial charge < -0.3 is 4.74 Å². The van der Waals surface area contributed by atoms with Gasteiger partial charge in [-0.1, -0.05) is 13.0 Å². The van der Waals surface area contributed by atoms with Crippen molar-refractivity contribution >= 4 is 0 Å². The van der Waals surface area contributed by atoms with Crippen molar-refractivity contribution in [2.45, 2.75) is 20.3 Å². The minimum atomic E-state index is -0.585. The first kappa shape index (κ1) is 13.0. The predicted octanol–water partition coefficient (Wildman–Crippen LogP) is 3.76. The number of ether oxygens (including phenoxy) is 1. The lowest BCUT2D eigenvalue weighted by molar-refractivity contribution is 0.465. The predicted molar refractivity (Wildman–Crippen MR) is 69.5 cm³/mol. The van der Waals surface area contributed by atoms with E-state index in [1.165, 1.54) is 12.1 Å². The molecule has 0 aliphatic heterocycles. The normalized spacial score (nSPS) is 10.0. The van der Waals surface area contributed by atoms with Gasteiger partial charge >= 0.3 is 0 Å². The number of hydrogen-bond acceptors (Lipinski definition) is 3. The minimum absolute atomic E-state index is 0.0925. The van der Waals surface area contributed by atoms with E-state index in [2.05, 4.69) is 4.98 Å². The van der Waals surface area contributed by atoms with E-state index in [9.17, 15) is 4.39 Å². The lowest BCUT2D eigenvalue weighted by Gasteiger charge is -2.11. The van der Waals surface area contributed by atoms with Crippen molar-refractivity contribution in [2.24, 2.45) is 0 Å². The molecule has 0 spiro atoms. The first-order chi connectivity index (χ1) is 9.15. The lowest BCUT2D eigenvalue weighted by atomic mass is 10.2. The molecule has 4 heteroatoms. The molecular formula is C15H13FN2O. The summed E-state index contributed by atoms with van der Waals surface area (Å²) >= 11 is 0. The van der Waals surface area contributed by atoms with Crippen molar-refractivity contribution in [1.82, 2.24) is 4.98 Å². The van der Waals surface area contributed by atoms with Crippen molar-refractivity contribution in [1.29, 1.82) is 5.26 Å². The summed E-state index contributed by atoms with van der Waals surface area (Å²) in [5.74, 6) is 0.177. The summed E-state index contributed by atoms with van der Waals surface area (Å²) in [6.07, 6.45) is 0.703. The third kappa shape index (κ3) is 2.71. The molecule has 2 aromatic rings. The second-order valence-corrected chi connectivity index (χ2v) is 4.08. The van der Waals surface area contributed by atoms with E-state index >= 15 is 0 Å². The highest BCUT2D eigenvalue weighted by atomic mass is 19.1. The van der Waals surface area contributed by atoms with Gasteiger partial charge in [0.15, 0.2) is 0 Å². The molecule has 0 bridgehead atoms. The van der Waals surface area contributed by atoms with Crippen LogP contribution in [0.25, 0.3) is 0 Å². The van der Waals surface area contributed by atoms with E-state index in [1.54, 1.807) is 12.1 Å². The maximum Gasteiger partial charge on any atom is 0.148 e. The Morgan fingerprint density at radius 3 is 2.74 bits per heavy atom. The molecule has 1 heterocycles. The Balaban J connectivity index is 2.42. The molecule has 0 saturated heterocycles. The quantitative estimate of drug-likeness (QED) is 0.840. The summed E-state index contributed by atoms with van der Waals surface area (Å²) < 4.78 is 19.1. The molecule has 1 aromatic carbocycles. The highest BCUT2D eigenvalue weighted by Crippen LogP contribution is 2.28. The Hall–Kier alpha value is -2.41. The molecular weight excluding hydrogens is 243 g/mol. The summed E-state index contributed by atoms with van der Waals surface area (Å²) in [5.41, 5.74) is 1.59. The Labute approximate surface area is 111 Å². The van der Waals surface area contributed by atoms with Crippen LogP contribution in [-0.2, 0) is 6.42 Å². The average molecular weight is 256 g/mol. The first-order valence-corrected chi connectivity index (χ1v) is 5.98. The number of pyridine rings is 1. The molecule has 0 aliphatic carbocycles. The molecule has 0 saturated carbocycles. The number of benzene rings is 1. The van der Waals surface area contributed by atoms with Gasteiger partial charge in [-0.3, -0.25) is 4.98 Å². The van der Waals surface area contributed by atoms with Crippen LogP contribution in [0.15, 0.2) is 30.3 Å². The fourth-order valence-electron chi connectivity index (χ4n) is 1.76. The van der Waals surface area contributed by atoms with Gasteiger partial charge in [-0.2, -0.15) is 5.26 Å². The Morgan fingerprint density at radius 1 is 1.26 bits per heavy atom. The van der Waals surface area contributed by atoms with Crippen molar-refractivity contribution < 1.29 is 9.13 Å². The molecule has 0 amide bonds. The van der Waals surface area contributed by atoms with Gasteiger partial charge in [0.1, 0.15) is 28.9 Å². The van der Waals surface area contributed by atoms with Gasteiger partial charge in [0.05, 0.1) is 5.69 Å². The van der Waals surface area contributed by atoms with E-state index in [0.717, 1.165) is 11.4 Å². The van der Waals surface area contributed by atoms with Crippen LogP contribution >= 0.6 is 0 Å². The minimum Gasteiger partial charge on any atom is -0.454 e. The molecule has 1 aromatic heterocycles. The number of nitrogens with zero attached hydrogens (tertiary/aromatic N) is 2. The number of aromatic nitrogens is 1. The standard InChI is InChI=1S/C15H13FN2O/c1-3-13-15(8-7-10(2)18-13)19-14-6-4-5-12(16)11(14)9-17/h4-8H,3H2,1-2H3. The maximum atomic E-state index is 13.5. The average Bonchev–Trinajstić information content (AvgIpc) is 2.41. The molecule has 19 heavy (non-hydrogen) atoms. The van der Waals surface area contributed by atoms with Gasteiger partial charge in [0.2, 0.25) is 0 Å². The second-order valence-electron chi connectivity index (χ2n) is 4.08. The third-order valence-corrected chi connectivity index (χ3v) is 2.71. The maximum absolute atomic E-state index is 13.5. The van der Waals surface area contributed by atoms with Crippen LogP contribution in [0, 0.1) is 24.1 Å². The van der Waals surface area contributed by atoms with Crippen LogP contribution in [0.3, 0.4) is 0 Å². The van der Waals surface area contributed by atoms with Crippen molar-refractivity contribution in [3.63, 3.8) is 0 Å². The summed E-state index contributed by atoms with van der Waals surface area (Å²) in [6, 6.07) is 9.74. The highest BCUT2D eigenvalue weighted by Gasteiger charge is 2.12. The summed E-state index contributed by atoms with van der Waals surface area (Å²) in [6.45, 7) is 3.86. The van der Waals surface area contributed by atoms with Crippen molar-refractivity contribution in [2.75, 3.05) is 0 Å². The van der Waals surface area contributed by atoms with E-state index in [-0.39, 0.29) is 11.3 Å². The van der Waals surface area contributed by atoms with E-state index < -0.39 is 5.82 Å². The molecule has 0 aliphatic rings. The number of aryl methyl sites for hydroxylation is 2. The Bertz CT molecular complexity index is 647.